The molecule has 0 fully saturated rings. The summed E-state index contributed by atoms with van der Waals surface area (Å²) in [5.41, 5.74) is 0. The maximum Gasteiger partial charge on any atom is 0.414 e. The Morgan fingerprint density at radius 2 is 1.50 bits per heavy atom. The number of nitrogens with one attached hydrogen (secondary N) is 1. The molecule has 8 nitrogen and oxygen atoms in total. The van der Waals surface area contributed by atoms with Gasteiger partial charge in [0.2, 0.25) is 0 Å². The van der Waals surface area contributed by atoms with Crippen molar-refractivity contribution in [2.24, 2.45) is 0 Å². The van der Waals surface area contributed by atoms with Crippen molar-refractivity contribution in [2.75, 3.05) is 32.9 Å². The van der Waals surface area contributed by atoms with Crippen molar-refractivity contribution in [3.05, 3.63) is 24.3 Å². The van der Waals surface area contributed by atoms with E-state index in [9.17, 15) is 0 Å². The first-order valence-electron chi connectivity index (χ1n) is 7.64. The van der Waals surface area contributed by atoms with Gasteiger partial charge in [0.25, 0.3) is 0 Å². The molecule has 0 atom stereocenters. The number of carbonyl (C=O) groups is 2. The quantitative estimate of drug-likeness (QED) is 0.366. The molecular formula is C16H25NO7. The van der Waals surface area contributed by atoms with Gasteiger partial charge in [0, 0.05) is 6.54 Å². The van der Waals surface area contributed by atoms with Gasteiger partial charge in [-0.05, 0) is 50.6 Å². The van der Waals surface area contributed by atoms with Gasteiger partial charge in [0.05, 0.1) is 19.8 Å². The largest absolute Gasteiger partial charge is 0.494 e. The molecule has 0 bridgehead atoms. The van der Waals surface area contributed by atoms with Gasteiger partial charge in [-0.3, -0.25) is 0 Å². The summed E-state index contributed by atoms with van der Waals surface area (Å²) in [5.74, 6) is -1.90. The fourth-order valence-corrected chi connectivity index (χ4v) is 1.54. The molecule has 0 aliphatic heterocycles. The lowest BCUT2D eigenvalue weighted by Crippen LogP contribution is -2.19. The third-order valence-electron chi connectivity index (χ3n) is 2.62. The van der Waals surface area contributed by atoms with Crippen LogP contribution in [0.15, 0.2) is 24.3 Å². The average Bonchev–Trinajstić information content (AvgIpc) is 2.56. The van der Waals surface area contributed by atoms with Crippen LogP contribution in [0.5, 0.6) is 11.5 Å². The van der Waals surface area contributed by atoms with E-state index in [1.54, 1.807) is 0 Å². The Morgan fingerprint density at radius 1 is 0.958 bits per heavy atom. The van der Waals surface area contributed by atoms with E-state index in [-0.39, 0.29) is 6.61 Å². The highest BCUT2D eigenvalue weighted by Crippen LogP contribution is 2.17. The van der Waals surface area contributed by atoms with Crippen LogP contribution in [0.1, 0.15) is 19.8 Å². The van der Waals surface area contributed by atoms with Gasteiger partial charge in [-0.15, -0.1) is 0 Å². The summed E-state index contributed by atoms with van der Waals surface area (Å²) in [5, 5.41) is 26.5. The predicted octanol–water partition coefficient (Wildman–Crippen LogP) is 0.982. The van der Waals surface area contributed by atoms with E-state index in [0.29, 0.717) is 13.2 Å². The highest BCUT2D eigenvalue weighted by atomic mass is 16.5. The van der Waals surface area contributed by atoms with Gasteiger partial charge in [-0.1, -0.05) is 0 Å². The zero-order chi connectivity index (χ0) is 18.2. The third-order valence-corrected chi connectivity index (χ3v) is 2.62. The van der Waals surface area contributed by atoms with Crippen LogP contribution in [0.4, 0.5) is 0 Å². The van der Waals surface area contributed by atoms with Crippen molar-refractivity contribution in [3.8, 4) is 11.5 Å². The zero-order valence-corrected chi connectivity index (χ0v) is 13.7. The summed E-state index contributed by atoms with van der Waals surface area (Å²) >= 11 is 0. The molecule has 0 radical (unpaired) electrons. The van der Waals surface area contributed by atoms with Crippen LogP contribution in [0.25, 0.3) is 0 Å². The number of rotatable bonds is 10. The predicted molar refractivity (Wildman–Crippen MR) is 87.6 cm³/mol. The maximum absolute atomic E-state index is 9.10. The van der Waals surface area contributed by atoms with Crippen LogP contribution < -0.4 is 14.8 Å². The summed E-state index contributed by atoms with van der Waals surface area (Å²) < 4.78 is 11.0. The molecule has 24 heavy (non-hydrogen) atoms. The fraction of sp³-hybridized carbons (Fsp3) is 0.500. The standard InChI is InChI=1S/C14H23NO3.C2H2O4/c1-2-17-13-5-7-14(8-6-13)18-12-4-3-9-15-10-11-16;3-1(4)2(5)6/h5-8,15-16H,2-4,9-12H2,1H3;(H,3,4)(H,5,6). The van der Waals surface area contributed by atoms with Gasteiger partial charge in [0.1, 0.15) is 11.5 Å². The second-order valence-corrected chi connectivity index (χ2v) is 4.54. The van der Waals surface area contributed by atoms with Crippen molar-refractivity contribution >= 4 is 11.9 Å². The summed E-state index contributed by atoms with van der Waals surface area (Å²) in [6.45, 7) is 5.15. The van der Waals surface area contributed by atoms with Crippen LogP contribution in [0, 0.1) is 0 Å². The van der Waals surface area contributed by atoms with Gasteiger partial charge in [-0.25, -0.2) is 9.59 Å². The van der Waals surface area contributed by atoms with Crippen LogP contribution in [0.3, 0.4) is 0 Å². The molecule has 0 spiro atoms. The molecule has 0 aliphatic carbocycles. The molecular weight excluding hydrogens is 318 g/mol. The monoisotopic (exact) mass is 343 g/mol. The van der Waals surface area contributed by atoms with E-state index in [2.05, 4.69) is 5.32 Å². The number of aliphatic carboxylic acids is 2. The van der Waals surface area contributed by atoms with Crippen molar-refractivity contribution < 1.29 is 34.4 Å². The van der Waals surface area contributed by atoms with Gasteiger partial charge < -0.3 is 30.1 Å². The normalized spacial score (nSPS) is 9.58. The molecule has 0 amide bonds. The topological polar surface area (TPSA) is 125 Å². The lowest BCUT2D eigenvalue weighted by Gasteiger charge is -2.08. The first kappa shape index (κ1) is 21.7. The Bertz CT molecular complexity index is 450. The molecule has 0 saturated heterocycles. The van der Waals surface area contributed by atoms with Crippen molar-refractivity contribution in [1.29, 1.82) is 0 Å². The Kier molecular flexibility index (Phi) is 12.9. The number of hydrogen-bond acceptors (Lipinski definition) is 6. The molecule has 4 N–H and O–H groups in total. The summed E-state index contributed by atoms with van der Waals surface area (Å²) in [4.78, 5) is 18.2. The second kappa shape index (κ2) is 14.3. The lowest BCUT2D eigenvalue weighted by atomic mass is 10.3. The molecule has 1 rings (SSSR count). The summed E-state index contributed by atoms with van der Waals surface area (Å²) in [7, 11) is 0. The molecule has 0 saturated carbocycles. The van der Waals surface area contributed by atoms with E-state index in [1.807, 2.05) is 31.2 Å². The average molecular weight is 343 g/mol. The van der Waals surface area contributed by atoms with E-state index in [1.165, 1.54) is 0 Å². The minimum absolute atomic E-state index is 0.197. The van der Waals surface area contributed by atoms with E-state index in [0.717, 1.165) is 37.5 Å². The summed E-state index contributed by atoms with van der Waals surface area (Å²) in [6, 6.07) is 7.69. The maximum atomic E-state index is 9.10. The molecule has 0 aliphatic rings. The first-order chi connectivity index (χ1) is 11.5. The van der Waals surface area contributed by atoms with E-state index in [4.69, 9.17) is 34.4 Å². The summed E-state index contributed by atoms with van der Waals surface area (Å²) in [6.07, 6.45) is 2.06. The van der Waals surface area contributed by atoms with Gasteiger partial charge >= 0.3 is 11.9 Å². The van der Waals surface area contributed by atoms with E-state index >= 15 is 0 Å². The number of aliphatic hydroxyl groups is 1. The van der Waals surface area contributed by atoms with E-state index < -0.39 is 11.9 Å². The highest BCUT2D eigenvalue weighted by Gasteiger charge is 2.04. The van der Waals surface area contributed by atoms with Crippen molar-refractivity contribution in [1.82, 2.24) is 5.32 Å². The minimum Gasteiger partial charge on any atom is -0.494 e. The molecule has 0 heterocycles. The number of benzene rings is 1. The molecule has 136 valence electrons. The molecule has 0 unspecified atom stereocenters. The Morgan fingerprint density at radius 3 is 1.96 bits per heavy atom. The fourth-order valence-electron chi connectivity index (χ4n) is 1.54. The highest BCUT2D eigenvalue weighted by molar-refractivity contribution is 6.27. The molecule has 8 heteroatoms. The third kappa shape index (κ3) is 12.2. The van der Waals surface area contributed by atoms with Crippen molar-refractivity contribution in [2.45, 2.75) is 19.8 Å². The Balaban J connectivity index is 0.000000754. The second-order valence-electron chi connectivity index (χ2n) is 4.54. The number of ether oxygens (including phenoxy) is 2. The number of carboxylic acid groups (broad SMARTS) is 2. The van der Waals surface area contributed by atoms with Gasteiger partial charge in [0.15, 0.2) is 0 Å². The Labute approximate surface area is 141 Å². The van der Waals surface area contributed by atoms with Crippen LogP contribution in [-0.2, 0) is 9.59 Å². The molecule has 0 aromatic heterocycles. The number of carboxylic acids is 2. The number of unbranched alkanes of at least 4 members (excludes halogenated alkanes) is 1. The molecule has 1 aromatic rings. The van der Waals surface area contributed by atoms with Gasteiger partial charge in [-0.2, -0.15) is 0 Å². The minimum atomic E-state index is -1.82. The SMILES string of the molecule is CCOc1ccc(OCCCCNCCO)cc1.O=C(O)C(=O)O. The van der Waals surface area contributed by atoms with Crippen LogP contribution in [-0.4, -0.2) is 60.2 Å². The first-order valence-corrected chi connectivity index (χ1v) is 7.64. The Hall–Kier alpha value is -2.32. The number of aliphatic hydroxyl groups excluding tert-OH is 1. The van der Waals surface area contributed by atoms with Crippen molar-refractivity contribution in [3.63, 3.8) is 0 Å². The van der Waals surface area contributed by atoms with Crippen LogP contribution in [0.2, 0.25) is 0 Å². The number of hydrogen-bond donors (Lipinski definition) is 4. The zero-order valence-electron chi connectivity index (χ0n) is 13.7. The lowest BCUT2D eigenvalue weighted by molar-refractivity contribution is -0.159. The van der Waals surface area contributed by atoms with Crippen LogP contribution >= 0.6 is 0 Å². The smallest absolute Gasteiger partial charge is 0.414 e. The molecule has 1 aromatic carbocycles.